The zero-order valence-electron chi connectivity index (χ0n) is 17.9. The van der Waals surface area contributed by atoms with Crippen molar-refractivity contribution in [2.24, 2.45) is 0 Å². The van der Waals surface area contributed by atoms with Gasteiger partial charge in [0.2, 0.25) is 5.91 Å². The number of nitrogens with one attached hydrogen (secondary N) is 1. The van der Waals surface area contributed by atoms with Gasteiger partial charge in [-0.2, -0.15) is 0 Å². The number of aryl methyl sites for hydroxylation is 2. The molecule has 3 aromatic heterocycles. The lowest BCUT2D eigenvalue weighted by Gasteiger charge is -2.11. The lowest BCUT2D eigenvalue weighted by Crippen LogP contribution is -2.14. The molecule has 0 fully saturated rings. The lowest BCUT2D eigenvalue weighted by molar-refractivity contribution is -0.113. The number of anilines is 1. The standard InChI is InChI=1S/C24H24N4OS2/c1-13(2)20-17-6-4-5-16(17)19-21-22(31-23(19)28-20)24(26-12-25-21)30-11-18(29)27-15-9-7-14(3)8-10-15/h7-10,12-13H,4-6,11H2,1-3H3,(H,27,29). The molecule has 0 saturated heterocycles. The number of pyridine rings is 1. The third-order valence-corrected chi connectivity index (χ3v) is 7.89. The lowest BCUT2D eigenvalue weighted by atomic mass is 9.99. The van der Waals surface area contributed by atoms with Crippen molar-refractivity contribution in [1.29, 1.82) is 0 Å². The molecule has 0 saturated carbocycles. The Hall–Kier alpha value is -2.51. The average molecular weight is 449 g/mol. The van der Waals surface area contributed by atoms with Crippen LogP contribution in [0.1, 0.15) is 48.6 Å². The van der Waals surface area contributed by atoms with E-state index in [4.69, 9.17) is 4.98 Å². The van der Waals surface area contributed by atoms with Crippen LogP contribution in [0.15, 0.2) is 35.6 Å². The van der Waals surface area contributed by atoms with Crippen LogP contribution in [0.25, 0.3) is 20.4 Å². The maximum atomic E-state index is 12.5. The highest BCUT2D eigenvalue weighted by Crippen LogP contribution is 2.42. The van der Waals surface area contributed by atoms with Gasteiger partial charge in [-0.05, 0) is 55.4 Å². The minimum Gasteiger partial charge on any atom is -0.325 e. The van der Waals surface area contributed by atoms with Crippen LogP contribution in [0.5, 0.6) is 0 Å². The number of carbonyl (C=O) groups is 1. The van der Waals surface area contributed by atoms with Crippen LogP contribution < -0.4 is 5.32 Å². The van der Waals surface area contributed by atoms with Crippen molar-refractivity contribution < 1.29 is 4.79 Å². The smallest absolute Gasteiger partial charge is 0.234 e. The fraction of sp³-hybridized carbons (Fsp3) is 0.333. The maximum Gasteiger partial charge on any atom is 0.234 e. The van der Waals surface area contributed by atoms with Crippen LogP contribution in [-0.4, -0.2) is 26.6 Å². The molecule has 0 atom stereocenters. The van der Waals surface area contributed by atoms with Gasteiger partial charge in [0.1, 0.15) is 16.2 Å². The van der Waals surface area contributed by atoms with Gasteiger partial charge in [-0.3, -0.25) is 4.79 Å². The summed E-state index contributed by atoms with van der Waals surface area (Å²) >= 11 is 3.11. The molecule has 1 aliphatic carbocycles. The summed E-state index contributed by atoms with van der Waals surface area (Å²) in [6.45, 7) is 6.46. The molecule has 0 unspecified atom stereocenters. The Kier molecular flexibility index (Phi) is 5.40. The molecule has 1 aliphatic rings. The average Bonchev–Trinajstić information content (AvgIpc) is 3.37. The fourth-order valence-electron chi connectivity index (χ4n) is 4.25. The van der Waals surface area contributed by atoms with E-state index in [9.17, 15) is 4.79 Å². The molecule has 3 heterocycles. The number of rotatable bonds is 5. The Morgan fingerprint density at radius 1 is 1.16 bits per heavy atom. The summed E-state index contributed by atoms with van der Waals surface area (Å²) in [6.07, 6.45) is 4.99. The number of nitrogens with zero attached hydrogens (tertiary/aromatic N) is 3. The quantitative estimate of drug-likeness (QED) is 0.304. The van der Waals surface area contributed by atoms with Crippen LogP contribution in [0, 0.1) is 6.92 Å². The van der Waals surface area contributed by atoms with Crippen LogP contribution in [0.3, 0.4) is 0 Å². The molecule has 4 aromatic rings. The van der Waals surface area contributed by atoms with Gasteiger partial charge in [0.05, 0.1) is 16.0 Å². The molecule has 7 heteroatoms. The summed E-state index contributed by atoms with van der Waals surface area (Å²) in [7, 11) is 0. The van der Waals surface area contributed by atoms with Gasteiger partial charge in [0.25, 0.3) is 0 Å². The summed E-state index contributed by atoms with van der Waals surface area (Å²) < 4.78 is 1.04. The number of benzene rings is 1. The third-order valence-electron chi connectivity index (χ3n) is 5.69. The topological polar surface area (TPSA) is 67.8 Å². The van der Waals surface area contributed by atoms with Crippen LogP contribution in [0.2, 0.25) is 0 Å². The number of fused-ring (bicyclic) bond motifs is 5. The summed E-state index contributed by atoms with van der Waals surface area (Å²) in [6, 6.07) is 7.83. The largest absolute Gasteiger partial charge is 0.325 e. The van der Waals surface area contributed by atoms with Crippen molar-refractivity contribution in [3.63, 3.8) is 0 Å². The molecule has 5 nitrogen and oxygen atoms in total. The second-order valence-electron chi connectivity index (χ2n) is 8.30. The minimum absolute atomic E-state index is 0.0390. The number of thioether (sulfide) groups is 1. The van der Waals surface area contributed by atoms with E-state index >= 15 is 0 Å². The first-order valence-electron chi connectivity index (χ1n) is 10.6. The highest BCUT2D eigenvalue weighted by molar-refractivity contribution is 8.00. The number of hydrogen-bond donors (Lipinski definition) is 1. The maximum absolute atomic E-state index is 12.5. The summed E-state index contributed by atoms with van der Waals surface area (Å²) in [4.78, 5) is 27.7. The highest BCUT2D eigenvalue weighted by Gasteiger charge is 2.25. The van der Waals surface area contributed by atoms with Gasteiger partial charge >= 0.3 is 0 Å². The van der Waals surface area contributed by atoms with E-state index < -0.39 is 0 Å². The summed E-state index contributed by atoms with van der Waals surface area (Å²) in [5.41, 5.74) is 7.04. The molecule has 5 rings (SSSR count). The second kappa shape index (κ2) is 8.20. The van der Waals surface area contributed by atoms with Crippen LogP contribution >= 0.6 is 23.1 Å². The van der Waals surface area contributed by atoms with E-state index in [1.165, 1.54) is 46.0 Å². The fourth-order valence-corrected chi connectivity index (χ4v) is 6.30. The van der Waals surface area contributed by atoms with E-state index in [-0.39, 0.29) is 5.91 Å². The van der Waals surface area contributed by atoms with Crippen molar-refractivity contribution in [3.8, 4) is 0 Å². The van der Waals surface area contributed by atoms with Crippen molar-refractivity contribution in [2.45, 2.75) is 51.0 Å². The van der Waals surface area contributed by atoms with Gasteiger partial charge in [-0.15, -0.1) is 11.3 Å². The van der Waals surface area contributed by atoms with Gasteiger partial charge < -0.3 is 5.32 Å². The first kappa shape index (κ1) is 20.4. The van der Waals surface area contributed by atoms with Crippen molar-refractivity contribution >= 4 is 55.1 Å². The van der Waals surface area contributed by atoms with E-state index in [0.29, 0.717) is 11.7 Å². The molecule has 1 aromatic carbocycles. The number of thiophene rings is 1. The zero-order valence-corrected chi connectivity index (χ0v) is 19.5. The zero-order chi connectivity index (χ0) is 21.5. The van der Waals surface area contributed by atoms with Gasteiger partial charge in [0.15, 0.2) is 0 Å². The van der Waals surface area contributed by atoms with Crippen LogP contribution in [-0.2, 0) is 17.6 Å². The minimum atomic E-state index is -0.0390. The Morgan fingerprint density at radius 2 is 1.94 bits per heavy atom. The van der Waals surface area contributed by atoms with Crippen molar-refractivity contribution in [1.82, 2.24) is 15.0 Å². The highest BCUT2D eigenvalue weighted by atomic mass is 32.2. The molecule has 0 radical (unpaired) electrons. The Morgan fingerprint density at radius 3 is 2.71 bits per heavy atom. The summed E-state index contributed by atoms with van der Waals surface area (Å²) in [5.74, 6) is 0.673. The number of amides is 1. The predicted octanol–water partition coefficient (Wildman–Crippen LogP) is 5.89. The molecule has 1 N–H and O–H groups in total. The molecular weight excluding hydrogens is 424 g/mol. The Bertz CT molecular complexity index is 1290. The normalized spacial score (nSPS) is 13.3. The van der Waals surface area contributed by atoms with Crippen molar-refractivity contribution in [2.75, 3.05) is 11.1 Å². The predicted molar refractivity (Wildman–Crippen MR) is 129 cm³/mol. The molecular formula is C24H24N4OS2. The molecule has 0 aliphatic heterocycles. The monoisotopic (exact) mass is 448 g/mol. The molecule has 0 spiro atoms. The van der Waals surface area contributed by atoms with Gasteiger partial charge in [-0.25, -0.2) is 15.0 Å². The molecule has 158 valence electrons. The first-order valence-corrected chi connectivity index (χ1v) is 12.4. The first-order chi connectivity index (χ1) is 15.0. The SMILES string of the molecule is Cc1ccc(NC(=O)CSc2ncnc3c2sc2nc(C(C)C)c4c(c23)CCC4)cc1. The van der Waals surface area contributed by atoms with E-state index in [0.717, 1.165) is 38.6 Å². The second-order valence-corrected chi connectivity index (χ2v) is 10.3. The number of carbonyl (C=O) groups excluding carboxylic acids is 1. The molecule has 1 amide bonds. The summed E-state index contributed by atoms with van der Waals surface area (Å²) in [5, 5.41) is 5.01. The van der Waals surface area contributed by atoms with Gasteiger partial charge in [-0.1, -0.05) is 43.3 Å². The Balaban J connectivity index is 1.46. The van der Waals surface area contributed by atoms with E-state index in [1.54, 1.807) is 17.7 Å². The number of hydrogen-bond acceptors (Lipinski definition) is 6. The van der Waals surface area contributed by atoms with Gasteiger partial charge in [0, 0.05) is 16.8 Å². The Labute approximate surface area is 189 Å². The van der Waals surface area contributed by atoms with E-state index in [2.05, 4.69) is 29.1 Å². The molecule has 0 bridgehead atoms. The van der Waals surface area contributed by atoms with Crippen LogP contribution in [0.4, 0.5) is 5.69 Å². The molecule has 31 heavy (non-hydrogen) atoms. The van der Waals surface area contributed by atoms with E-state index in [1.807, 2.05) is 31.2 Å². The van der Waals surface area contributed by atoms with Crippen molar-refractivity contribution in [3.05, 3.63) is 53.0 Å². The number of aromatic nitrogens is 3. The third kappa shape index (κ3) is 3.81.